The largest absolute Gasteiger partial charge is 0.480 e. The molecule has 4 heteroatoms. The minimum Gasteiger partial charge on any atom is -0.480 e. The number of carbonyl (C=O) groups excluding carboxylic acids is 1. The number of hydrogen-bond donors (Lipinski definition) is 2. The van der Waals surface area contributed by atoms with Crippen molar-refractivity contribution in [3.05, 3.63) is 34.9 Å². The SMILES string of the molecule is Cc1ccc(C)c(C(=O)NC(C(=O)O)C2CC2)c1. The molecule has 1 unspecified atom stereocenters. The molecule has 0 saturated heterocycles. The summed E-state index contributed by atoms with van der Waals surface area (Å²) in [5.74, 6) is -1.15. The van der Waals surface area contributed by atoms with Gasteiger partial charge in [-0.2, -0.15) is 0 Å². The lowest BCUT2D eigenvalue weighted by molar-refractivity contribution is -0.139. The summed E-state index contributed by atoms with van der Waals surface area (Å²) < 4.78 is 0. The summed E-state index contributed by atoms with van der Waals surface area (Å²) in [7, 11) is 0. The Kier molecular flexibility index (Phi) is 3.36. The average molecular weight is 247 g/mol. The molecule has 0 bridgehead atoms. The van der Waals surface area contributed by atoms with Gasteiger partial charge in [0.25, 0.3) is 5.91 Å². The smallest absolute Gasteiger partial charge is 0.326 e. The molecule has 1 saturated carbocycles. The van der Waals surface area contributed by atoms with E-state index in [9.17, 15) is 9.59 Å². The Labute approximate surface area is 106 Å². The van der Waals surface area contributed by atoms with Crippen LogP contribution in [-0.4, -0.2) is 23.0 Å². The van der Waals surface area contributed by atoms with Crippen LogP contribution in [0.3, 0.4) is 0 Å². The first-order chi connectivity index (χ1) is 8.49. The average Bonchev–Trinajstić information content (AvgIpc) is 3.12. The molecule has 0 heterocycles. The fourth-order valence-corrected chi connectivity index (χ4v) is 2.01. The van der Waals surface area contributed by atoms with Gasteiger partial charge in [0.15, 0.2) is 0 Å². The van der Waals surface area contributed by atoms with Crippen molar-refractivity contribution in [2.45, 2.75) is 32.7 Å². The van der Waals surface area contributed by atoms with E-state index in [0.717, 1.165) is 24.0 Å². The van der Waals surface area contributed by atoms with Crippen LogP contribution < -0.4 is 5.32 Å². The van der Waals surface area contributed by atoms with Crippen molar-refractivity contribution in [1.29, 1.82) is 0 Å². The van der Waals surface area contributed by atoms with Gasteiger partial charge in [-0.1, -0.05) is 17.7 Å². The zero-order valence-corrected chi connectivity index (χ0v) is 10.6. The molecule has 2 N–H and O–H groups in total. The van der Waals surface area contributed by atoms with E-state index in [0.29, 0.717) is 5.56 Å². The third-order valence-corrected chi connectivity index (χ3v) is 3.28. The van der Waals surface area contributed by atoms with E-state index in [-0.39, 0.29) is 11.8 Å². The van der Waals surface area contributed by atoms with Crippen molar-refractivity contribution in [1.82, 2.24) is 5.32 Å². The molecular weight excluding hydrogens is 230 g/mol. The topological polar surface area (TPSA) is 66.4 Å². The van der Waals surface area contributed by atoms with Crippen LogP contribution in [0.25, 0.3) is 0 Å². The quantitative estimate of drug-likeness (QED) is 0.854. The maximum absolute atomic E-state index is 12.1. The molecule has 0 spiro atoms. The zero-order valence-electron chi connectivity index (χ0n) is 10.6. The molecule has 18 heavy (non-hydrogen) atoms. The molecule has 1 aromatic rings. The van der Waals surface area contributed by atoms with E-state index in [4.69, 9.17) is 5.11 Å². The monoisotopic (exact) mass is 247 g/mol. The Morgan fingerprint density at radius 1 is 1.33 bits per heavy atom. The van der Waals surface area contributed by atoms with Crippen molar-refractivity contribution in [2.75, 3.05) is 0 Å². The van der Waals surface area contributed by atoms with Gasteiger partial charge >= 0.3 is 5.97 Å². The van der Waals surface area contributed by atoms with E-state index in [2.05, 4.69) is 5.32 Å². The summed E-state index contributed by atoms with van der Waals surface area (Å²) in [5, 5.41) is 11.7. The highest BCUT2D eigenvalue weighted by Crippen LogP contribution is 2.32. The Morgan fingerprint density at radius 3 is 2.56 bits per heavy atom. The second-order valence-corrected chi connectivity index (χ2v) is 4.95. The molecule has 1 fully saturated rings. The fraction of sp³-hybridized carbons (Fsp3) is 0.429. The second kappa shape index (κ2) is 4.80. The Hall–Kier alpha value is -1.84. The van der Waals surface area contributed by atoms with Crippen LogP contribution >= 0.6 is 0 Å². The van der Waals surface area contributed by atoms with Gasteiger partial charge in [0.05, 0.1) is 0 Å². The number of aliphatic carboxylic acids is 1. The summed E-state index contributed by atoms with van der Waals surface area (Å²) in [6.45, 7) is 3.76. The minimum absolute atomic E-state index is 0.0940. The van der Waals surface area contributed by atoms with Crippen molar-refractivity contribution in [3.8, 4) is 0 Å². The first-order valence-electron chi connectivity index (χ1n) is 6.10. The molecule has 0 radical (unpaired) electrons. The number of rotatable bonds is 4. The highest BCUT2D eigenvalue weighted by Gasteiger charge is 2.37. The van der Waals surface area contributed by atoms with Gasteiger partial charge < -0.3 is 10.4 Å². The molecule has 2 rings (SSSR count). The molecule has 1 amide bonds. The highest BCUT2D eigenvalue weighted by molar-refractivity contribution is 5.98. The molecule has 96 valence electrons. The van der Waals surface area contributed by atoms with E-state index >= 15 is 0 Å². The van der Waals surface area contributed by atoms with Gasteiger partial charge in [-0.05, 0) is 44.2 Å². The van der Waals surface area contributed by atoms with Crippen LogP contribution in [-0.2, 0) is 4.79 Å². The molecule has 1 aliphatic carbocycles. The van der Waals surface area contributed by atoms with E-state index < -0.39 is 12.0 Å². The van der Waals surface area contributed by atoms with Crippen LogP contribution in [0, 0.1) is 19.8 Å². The Bertz CT molecular complexity index is 492. The van der Waals surface area contributed by atoms with Crippen LogP contribution in [0.2, 0.25) is 0 Å². The molecule has 1 atom stereocenters. The molecule has 4 nitrogen and oxygen atoms in total. The molecule has 0 aromatic heterocycles. The summed E-state index contributed by atoms with van der Waals surface area (Å²) >= 11 is 0. The molecule has 1 aromatic carbocycles. The highest BCUT2D eigenvalue weighted by atomic mass is 16.4. The minimum atomic E-state index is -0.948. The van der Waals surface area contributed by atoms with E-state index in [1.165, 1.54) is 0 Å². The van der Waals surface area contributed by atoms with Crippen LogP contribution in [0.1, 0.15) is 34.3 Å². The maximum Gasteiger partial charge on any atom is 0.326 e. The third kappa shape index (κ3) is 2.70. The number of aryl methyl sites for hydroxylation is 2. The Balaban J connectivity index is 2.15. The summed E-state index contributed by atoms with van der Waals surface area (Å²) in [6, 6.07) is 4.84. The lowest BCUT2D eigenvalue weighted by atomic mass is 10.0. The predicted octanol–water partition coefficient (Wildman–Crippen LogP) is 1.90. The van der Waals surface area contributed by atoms with Crippen LogP contribution in [0.5, 0.6) is 0 Å². The van der Waals surface area contributed by atoms with Gasteiger partial charge in [-0.15, -0.1) is 0 Å². The van der Waals surface area contributed by atoms with Gasteiger partial charge in [-0.25, -0.2) is 4.79 Å². The normalized spacial score (nSPS) is 16.1. The zero-order chi connectivity index (χ0) is 13.3. The summed E-state index contributed by atoms with van der Waals surface area (Å²) in [6.07, 6.45) is 1.76. The number of carboxylic acid groups (broad SMARTS) is 1. The Morgan fingerprint density at radius 2 is 2.00 bits per heavy atom. The van der Waals surface area contributed by atoms with Crippen molar-refractivity contribution in [3.63, 3.8) is 0 Å². The van der Waals surface area contributed by atoms with Gasteiger partial charge in [0, 0.05) is 5.56 Å². The second-order valence-electron chi connectivity index (χ2n) is 4.95. The third-order valence-electron chi connectivity index (χ3n) is 3.28. The number of carboxylic acids is 1. The summed E-state index contributed by atoms with van der Waals surface area (Å²) in [5.41, 5.74) is 2.41. The van der Waals surface area contributed by atoms with Crippen LogP contribution in [0.15, 0.2) is 18.2 Å². The fourth-order valence-electron chi connectivity index (χ4n) is 2.01. The number of hydrogen-bond acceptors (Lipinski definition) is 2. The lowest BCUT2D eigenvalue weighted by Crippen LogP contribution is -2.42. The van der Waals surface area contributed by atoms with E-state index in [1.54, 1.807) is 6.07 Å². The number of carbonyl (C=O) groups is 2. The number of nitrogens with one attached hydrogen (secondary N) is 1. The van der Waals surface area contributed by atoms with Gasteiger partial charge in [0.1, 0.15) is 6.04 Å². The predicted molar refractivity (Wildman–Crippen MR) is 67.5 cm³/mol. The van der Waals surface area contributed by atoms with Crippen molar-refractivity contribution < 1.29 is 14.7 Å². The van der Waals surface area contributed by atoms with Crippen molar-refractivity contribution in [2.24, 2.45) is 5.92 Å². The van der Waals surface area contributed by atoms with E-state index in [1.807, 2.05) is 26.0 Å². The molecule has 1 aliphatic rings. The van der Waals surface area contributed by atoms with Gasteiger partial charge in [0.2, 0.25) is 0 Å². The van der Waals surface area contributed by atoms with Gasteiger partial charge in [-0.3, -0.25) is 4.79 Å². The standard InChI is InChI=1S/C14H17NO3/c1-8-3-4-9(2)11(7-8)13(16)15-12(14(17)18)10-5-6-10/h3-4,7,10,12H,5-6H2,1-2H3,(H,15,16)(H,17,18). The first kappa shape index (κ1) is 12.6. The first-order valence-corrected chi connectivity index (χ1v) is 6.10. The number of benzene rings is 1. The molecular formula is C14H17NO3. The maximum atomic E-state index is 12.1. The van der Waals surface area contributed by atoms with Crippen molar-refractivity contribution >= 4 is 11.9 Å². The molecule has 0 aliphatic heterocycles. The lowest BCUT2D eigenvalue weighted by Gasteiger charge is -2.15. The summed E-state index contributed by atoms with van der Waals surface area (Å²) in [4.78, 5) is 23.2. The number of amides is 1. The van der Waals surface area contributed by atoms with Crippen LogP contribution in [0.4, 0.5) is 0 Å².